The predicted molar refractivity (Wildman–Crippen MR) is 117 cm³/mol. The van der Waals surface area contributed by atoms with E-state index in [9.17, 15) is 14.4 Å². The average molecular weight is 436 g/mol. The summed E-state index contributed by atoms with van der Waals surface area (Å²) in [4.78, 5) is 38.4. The SMILES string of the molecule is CCOC(=O)c1c(NC(=O)CC2CCCCC2)sc(C(=O)OC2CCCCC2)c1C. The van der Waals surface area contributed by atoms with Gasteiger partial charge in [0.25, 0.3) is 0 Å². The molecular formula is C23H33NO5S. The number of anilines is 1. The number of amides is 1. The summed E-state index contributed by atoms with van der Waals surface area (Å²) < 4.78 is 10.9. The number of hydrogen-bond acceptors (Lipinski definition) is 6. The van der Waals surface area contributed by atoms with Crippen LogP contribution in [0.5, 0.6) is 0 Å². The van der Waals surface area contributed by atoms with E-state index in [0.29, 0.717) is 27.8 Å². The molecule has 1 heterocycles. The first kappa shape index (κ1) is 22.8. The lowest BCUT2D eigenvalue weighted by Gasteiger charge is -2.21. The summed E-state index contributed by atoms with van der Waals surface area (Å²) in [6, 6.07) is 0. The third-order valence-corrected chi connectivity index (χ3v) is 7.28. The van der Waals surface area contributed by atoms with Gasteiger partial charge in [0.1, 0.15) is 16.0 Å². The zero-order chi connectivity index (χ0) is 21.5. The highest BCUT2D eigenvalue weighted by atomic mass is 32.1. The van der Waals surface area contributed by atoms with Crippen molar-refractivity contribution in [1.82, 2.24) is 0 Å². The number of esters is 2. The first-order valence-corrected chi connectivity index (χ1v) is 12.1. The van der Waals surface area contributed by atoms with Gasteiger partial charge in [-0.25, -0.2) is 9.59 Å². The standard InChI is InChI=1S/C23H33NO5S/c1-3-28-22(26)19-15(2)20(23(27)29-17-12-8-5-9-13-17)30-21(19)24-18(25)14-16-10-6-4-7-11-16/h16-17H,3-14H2,1-2H3,(H,24,25). The Bertz CT molecular complexity index is 760. The molecule has 166 valence electrons. The molecule has 7 heteroatoms. The molecule has 0 radical (unpaired) electrons. The molecule has 0 unspecified atom stereocenters. The fourth-order valence-corrected chi connectivity index (χ4v) is 5.56. The summed E-state index contributed by atoms with van der Waals surface area (Å²) in [6.07, 6.45) is 11.2. The highest BCUT2D eigenvalue weighted by Gasteiger charge is 2.29. The lowest BCUT2D eigenvalue weighted by atomic mass is 9.87. The fourth-order valence-electron chi connectivity index (χ4n) is 4.46. The number of carbonyl (C=O) groups excluding carboxylic acids is 3. The van der Waals surface area contributed by atoms with Crippen molar-refractivity contribution in [3.05, 3.63) is 16.0 Å². The number of carbonyl (C=O) groups is 3. The third kappa shape index (κ3) is 5.84. The number of nitrogens with one attached hydrogen (secondary N) is 1. The molecule has 0 aromatic carbocycles. The van der Waals surface area contributed by atoms with Crippen molar-refractivity contribution in [2.75, 3.05) is 11.9 Å². The molecule has 1 aromatic rings. The van der Waals surface area contributed by atoms with E-state index in [4.69, 9.17) is 9.47 Å². The summed E-state index contributed by atoms with van der Waals surface area (Å²) in [7, 11) is 0. The monoisotopic (exact) mass is 435 g/mol. The van der Waals surface area contributed by atoms with Crippen molar-refractivity contribution in [2.24, 2.45) is 5.92 Å². The lowest BCUT2D eigenvalue weighted by Crippen LogP contribution is -2.21. The Labute approximate surface area is 182 Å². The normalized spacial score (nSPS) is 18.1. The summed E-state index contributed by atoms with van der Waals surface area (Å²) in [6.45, 7) is 3.68. The molecule has 1 N–H and O–H groups in total. The maximum absolute atomic E-state index is 12.8. The molecule has 0 spiro atoms. The van der Waals surface area contributed by atoms with Gasteiger partial charge in [-0.1, -0.05) is 25.7 Å². The van der Waals surface area contributed by atoms with Crippen LogP contribution in [0.1, 0.15) is 103 Å². The van der Waals surface area contributed by atoms with Crippen molar-refractivity contribution in [3.8, 4) is 0 Å². The molecule has 2 aliphatic rings. The van der Waals surface area contributed by atoms with Crippen LogP contribution >= 0.6 is 11.3 Å². The van der Waals surface area contributed by atoms with E-state index in [2.05, 4.69) is 5.32 Å². The van der Waals surface area contributed by atoms with E-state index < -0.39 is 11.9 Å². The van der Waals surface area contributed by atoms with Crippen molar-refractivity contribution in [1.29, 1.82) is 0 Å². The van der Waals surface area contributed by atoms with Gasteiger partial charge in [0.2, 0.25) is 5.91 Å². The third-order valence-electron chi connectivity index (χ3n) is 6.09. The number of rotatable bonds is 7. The minimum atomic E-state index is -0.518. The summed E-state index contributed by atoms with van der Waals surface area (Å²) in [5.74, 6) is -0.652. The Hall–Kier alpha value is -1.89. The van der Waals surface area contributed by atoms with Crippen LogP contribution in [0, 0.1) is 12.8 Å². The van der Waals surface area contributed by atoms with E-state index in [1.807, 2.05) is 0 Å². The second kappa shape index (κ2) is 10.9. The molecule has 0 saturated heterocycles. The number of thiophene rings is 1. The number of ether oxygens (including phenoxy) is 2. The summed E-state index contributed by atoms with van der Waals surface area (Å²) in [5.41, 5.74) is 0.793. The van der Waals surface area contributed by atoms with Gasteiger partial charge in [-0.15, -0.1) is 11.3 Å². The molecule has 3 rings (SSSR count). The molecule has 1 aromatic heterocycles. The maximum atomic E-state index is 12.8. The molecule has 30 heavy (non-hydrogen) atoms. The Balaban J connectivity index is 1.76. The summed E-state index contributed by atoms with van der Waals surface area (Å²) >= 11 is 1.12. The van der Waals surface area contributed by atoms with Crippen molar-refractivity contribution in [3.63, 3.8) is 0 Å². The zero-order valence-corrected chi connectivity index (χ0v) is 18.9. The van der Waals surface area contributed by atoms with Gasteiger partial charge in [-0.3, -0.25) is 4.79 Å². The molecule has 0 atom stereocenters. The Morgan fingerprint density at radius 3 is 2.23 bits per heavy atom. The van der Waals surface area contributed by atoms with E-state index in [1.165, 1.54) is 25.7 Å². The van der Waals surface area contributed by atoms with Crippen molar-refractivity contribution < 1.29 is 23.9 Å². The Morgan fingerprint density at radius 1 is 0.967 bits per heavy atom. The maximum Gasteiger partial charge on any atom is 0.348 e. The van der Waals surface area contributed by atoms with Gasteiger partial charge in [0.05, 0.1) is 12.2 Å². The Kier molecular flexibility index (Phi) is 8.31. The van der Waals surface area contributed by atoms with Crippen LogP contribution in [0.25, 0.3) is 0 Å². The van der Waals surface area contributed by atoms with E-state index in [-0.39, 0.29) is 24.2 Å². The molecule has 0 aliphatic heterocycles. The molecule has 1 amide bonds. The quantitative estimate of drug-likeness (QED) is 0.561. The number of hydrogen-bond donors (Lipinski definition) is 1. The molecule has 2 aliphatic carbocycles. The van der Waals surface area contributed by atoms with E-state index in [0.717, 1.165) is 49.9 Å². The second-order valence-electron chi connectivity index (χ2n) is 8.40. The van der Waals surface area contributed by atoms with Crippen LogP contribution in [-0.4, -0.2) is 30.6 Å². The predicted octanol–water partition coefficient (Wildman–Crippen LogP) is 5.63. The van der Waals surface area contributed by atoms with Gasteiger partial charge in [0, 0.05) is 6.42 Å². The fraction of sp³-hybridized carbons (Fsp3) is 0.696. The largest absolute Gasteiger partial charge is 0.462 e. The highest BCUT2D eigenvalue weighted by Crippen LogP contribution is 2.36. The van der Waals surface area contributed by atoms with Gasteiger partial charge < -0.3 is 14.8 Å². The second-order valence-corrected chi connectivity index (χ2v) is 9.42. The molecular weight excluding hydrogens is 402 g/mol. The zero-order valence-electron chi connectivity index (χ0n) is 18.1. The molecule has 2 fully saturated rings. The Morgan fingerprint density at radius 2 is 1.60 bits per heavy atom. The van der Waals surface area contributed by atoms with Gasteiger partial charge in [-0.2, -0.15) is 0 Å². The molecule has 6 nitrogen and oxygen atoms in total. The van der Waals surface area contributed by atoms with Crippen LogP contribution < -0.4 is 5.32 Å². The van der Waals surface area contributed by atoms with Gasteiger partial charge in [-0.05, 0) is 63.9 Å². The first-order valence-electron chi connectivity index (χ1n) is 11.3. The van der Waals surface area contributed by atoms with Gasteiger partial charge >= 0.3 is 11.9 Å². The molecule has 0 bridgehead atoms. The van der Waals surface area contributed by atoms with Crippen LogP contribution in [0.2, 0.25) is 0 Å². The van der Waals surface area contributed by atoms with Crippen LogP contribution in [0.4, 0.5) is 5.00 Å². The smallest absolute Gasteiger partial charge is 0.348 e. The van der Waals surface area contributed by atoms with E-state index >= 15 is 0 Å². The highest BCUT2D eigenvalue weighted by molar-refractivity contribution is 7.18. The van der Waals surface area contributed by atoms with Crippen molar-refractivity contribution >= 4 is 34.2 Å². The molecule has 2 saturated carbocycles. The van der Waals surface area contributed by atoms with Crippen LogP contribution in [-0.2, 0) is 14.3 Å². The van der Waals surface area contributed by atoms with E-state index in [1.54, 1.807) is 13.8 Å². The topological polar surface area (TPSA) is 81.7 Å². The van der Waals surface area contributed by atoms with Crippen molar-refractivity contribution in [2.45, 2.75) is 90.6 Å². The average Bonchev–Trinajstić information content (AvgIpc) is 3.05. The van der Waals surface area contributed by atoms with Crippen LogP contribution in [0.15, 0.2) is 0 Å². The summed E-state index contributed by atoms with van der Waals surface area (Å²) in [5, 5.41) is 3.28. The first-order chi connectivity index (χ1) is 14.5. The minimum absolute atomic E-state index is 0.0665. The minimum Gasteiger partial charge on any atom is -0.462 e. The van der Waals surface area contributed by atoms with Gasteiger partial charge in [0.15, 0.2) is 0 Å². The van der Waals surface area contributed by atoms with Crippen LogP contribution in [0.3, 0.4) is 0 Å². The lowest BCUT2D eigenvalue weighted by molar-refractivity contribution is -0.117.